The third-order valence-corrected chi connectivity index (χ3v) is 9.17. The van der Waals surface area contributed by atoms with Gasteiger partial charge in [0.05, 0.1) is 6.04 Å². The molecule has 16 heteroatoms. The van der Waals surface area contributed by atoms with E-state index in [1.54, 1.807) is 31.3 Å². The Hall–Kier alpha value is -5.18. The summed E-state index contributed by atoms with van der Waals surface area (Å²) in [5, 5.41) is 12.2. The number of urea groups is 1. The minimum Gasteiger partial charge on any atom is -0.346 e. The van der Waals surface area contributed by atoms with Crippen LogP contribution in [0.5, 0.6) is 0 Å². The molecule has 2 aliphatic carbocycles. The van der Waals surface area contributed by atoms with E-state index in [0.29, 0.717) is 17.5 Å². The molecule has 0 saturated heterocycles. The molecule has 0 aliphatic heterocycles. The number of fused-ring (bicyclic) bond motifs is 2. The van der Waals surface area contributed by atoms with Gasteiger partial charge in [-0.2, -0.15) is 0 Å². The van der Waals surface area contributed by atoms with Crippen molar-refractivity contribution in [3.8, 4) is 0 Å². The van der Waals surface area contributed by atoms with Crippen LogP contribution < -0.4 is 31.4 Å². The third kappa shape index (κ3) is 10.9. The van der Waals surface area contributed by atoms with Gasteiger partial charge in [-0.25, -0.2) is 27.2 Å². The van der Waals surface area contributed by atoms with Crippen molar-refractivity contribution in [3.63, 3.8) is 0 Å². The zero-order chi connectivity index (χ0) is 39.4. The van der Waals surface area contributed by atoms with Crippen LogP contribution in [0.25, 0.3) is 0 Å². The number of nitrogens with one attached hydrogen (secondary N) is 6. The molecule has 0 heterocycles. The molecule has 2 aliphatic rings. The predicted molar refractivity (Wildman–Crippen MR) is 200 cm³/mol. The Morgan fingerprint density at radius 2 is 1.07 bits per heavy atom. The molecule has 0 aromatic heterocycles. The fourth-order valence-electron chi connectivity index (χ4n) is 6.16. The van der Waals surface area contributed by atoms with Crippen LogP contribution in [-0.4, -0.2) is 37.3 Å². The van der Waals surface area contributed by atoms with E-state index in [4.69, 9.17) is 23.4 Å². The zero-order valence-corrected chi connectivity index (χ0v) is 30.7. The van der Waals surface area contributed by atoms with E-state index in [-0.39, 0.29) is 35.4 Å². The maximum Gasteiger partial charge on any atom is 0.315 e. The topological polar surface area (TPSA) is 140 Å². The van der Waals surface area contributed by atoms with Gasteiger partial charge in [0.1, 0.15) is 0 Å². The number of halogens is 6. The second-order valence-corrected chi connectivity index (χ2v) is 12.7. The highest BCUT2D eigenvalue weighted by atomic mass is 35.5. The Kier molecular flexibility index (Phi) is 15.2. The molecule has 4 aromatic carbocycles. The second-order valence-electron chi connectivity index (χ2n) is 12.2. The fraction of sp³-hybridized carbons (Fsp3) is 0.263. The van der Waals surface area contributed by atoms with Crippen molar-refractivity contribution in [2.24, 2.45) is 0 Å². The molecule has 0 saturated carbocycles. The van der Waals surface area contributed by atoms with Crippen LogP contribution in [0.3, 0.4) is 0 Å². The highest BCUT2D eigenvalue weighted by molar-refractivity contribution is 6.62. The summed E-state index contributed by atoms with van der Waals surface area (Å²) in [6.45, 7) is 0. The number of rotatable bonds is 6. The molecule has 6 N–H and O–H groups in total. The highest BCUT2D eigenvalue weighted by Crippen LogP contribution is 2.34. The number of anilines is 2. The first kappa shape index (κ1) is 41.6. The van der Waals surface area contributed by atoms with E-state index in [0.717, 1.165) is 78.6 Å². The maximum atomic E-state index is 13.3. The average Bonchev–Trinajstić information content (AvgIpc) is 3.17. The normalized spacial score (nSPS) is 15.3. The Morgan fingerprint density at radius 1 is 0.630 bits per heavy atom. The third-order valence-electron chi connectivity index (χ3n) is 8.72. The summed E-state index contributed by atoms with van der Waals surface area (Å²) < 4.78 is 52.6. The standard InChI is InChI=1S/C19H19F2N3O2.C17H15ClF2N2O.C2H4ClNO/c1-22-19(26)24-17-7-3-4-12-13(17)5-2-6-14(12)18(25)23-11-8-9-15(20)16(21)10-11;18-22-16-6-2-3-11-12(16)4-1-5-13(11)17(23)21-10-7-8-14(19)15(20)9-10;1-4-2(3)5/h2,5-6,8-10,17H,3-4,7H2,1H3,(H,23,25)(H2,22,24,26);1,4-5,7-9,16,22H,2-3,6H2,(H,21,23);1H3,(H,4,5)/t17-;16-;/m00./s1. The van der Waals surface area contributed by atoms with E-state index >= 15 is 0 Å². The van der Waals surface area contributed by atoms with Gasteiger partial charge in [-0.15, -0.1) is 0 Å². The fourth-order valence-corrected chi connectivity index (χ4v) is 6.39. The highest BCUT2D eigenvalue weighted by Gasteiger charge is 2.26. The van der Waals surface area contributed by atoms with E-state index in [2.05, 4.69) is 31.4 Å². The molecule has 286 valence electrons. The summed E-state index contributed by atoms with van der Waals surface area (Å²) in [5.74, 6) is -4.67. The van der Waals surface area contributed by atoms with Crippen molar-refractivity contribution in [2.45, 2.75) is 50.6 Å². The van der Waals surface area contributed by atoms with Crippen LogP contribution in [0.4, 0.5) is 38.5 Å². The maximum absolute atomic E-state index is 13.3. The van der Waals surface area contributed by atoms with Crippen LogP contribution in [0.1, 0.15) is 80.7 Å². The smallest absolute Gasteiger partial charge is 0.315 e. The molecular weight excluding hydrogens is 751 g/mol. The summed E-state index contributed by atoms with van der Waals surface area (Å²) in [5.41, 5.74) is 5.11. The van der Waals surface area contributed by atoms with Crippen LogP contribution in [0, 0.1) is 23.3 Å². The van der Waals surface area contributed by atoms with Gasteiger partial charge in [-0.05, 0) is 121 Å². The van der Waals surface area contributed by atoms with Crippen molar-refractivity contribution in [2.75, 3.05) is 24.7 Å². The first-order chi connectivity index (χ1) is 25.9. The Balaban J connectivity index is 0.000000215. The number of carbonyl (C=O) groups is 4. The lowest BCUT2D eigenvalue weighted by Crippen LogP contribution is -2.37. The molecule has 0 bridgehead atoms. The number of hydrogen-bond donors (Lipinski definition) is 6. The molecule has 6 rings (SSSR count). The van der Waals surface area contributed by atoms with E-state index < -0.39 is 34.5 Å². The first-order valence-corrected chi connectivity index (χ1v) is 17.6. The van der Waals surface area contributed by atoms with Gasteiger partial charge in [-0.3, -0.25) is 14.4 Å². The van der Waals surface area contributed by atoms with E-state index in [1.807, 2.05) is 12.1 Å². The van der Waals surface area contributed by atoms with E-state index in [9.17, 15) is 36.7 Å². The van der Waals surface area contributed by atoms with Gasteiger partial charge in [0.25, 0.3) is 11.8 Å². The average molecular weight is 790 g/mol. The minimum atomic E-state index is -1.02. The molecule has 0 spiro atoms. The largest absolute Gasteiger partial charge is 0.346 e. The van der Waals surface area contributed by atoms with Gasteiger partial charge in [0, 0.05) is 54.8 Å². The Bertz CT molecular complexity index is 2000. The monoisotopic (exact) mass is 788 g/mol. The zero-order valence-electron chi connectivity index (χ0n) is 29.2. The lowest BCUT2D eigenvalue weighted by atomic mass is 9.84. The Morgan fingerprint density at radius 3 is 1.48 bits per heavy atom. The summed E-state index contributed by atoms with van der Waals surface area (Å²) in [6.07, 6.45) is 4.94. The van der Waals surface area contributed by atoms with Crippen molar-refractivity contribution in [1.82, 2.24) is 20.8 Å². The van der Waals surface area contributed by atoms with Crippen molar-refractivity contribution >= 4 is 58.0 Å². The number of hydrogen-bond acceptors (Lipinski definition) is 5. The molecule has 2 atom stereocenters. The molecule has 5 amide bonds. The second kappa shape index (κ2) is 19.8. The molecule has 0 fully saturated rings. The molecule has 4 aromatic rings. The molecule has 54 heavy (non-hydrogen) atoms. The lowest BCUT2D eigenvalue weighted by molar-refractivity contribution is 0.101. The number of amides is 5. The van der Waals surface area contributed by atoms with Crippen molar-refractivity contribution in [1.29, 1.82) is 0 Å². The Labute approximate surface area is 319 Å². The van der Waals surface area contributed by atoms with Gasteiger partial charge in [-0.1, -0.05) is 24.3 Å². The summed E-state index contributed by atoms with van der Waals surface area (Å²) in [7, 11) is 3.01. The number of carbonyl (C=O) groups excluding carboxylic acids is 4. The predicted octanol–water partition coefficient (Wildman–Crippen LogP) is 8.43. The van der Waals surface area contributed by atoms with Gasteiger partial charge >= 0.3 is 11.4 Å². The summed E-state index contributed by atoms with van der Waals surface area (Å²) in [6, 6.07) is 16.9. The van der Waals surface area contributed by atoms with Crippen LogP contribution >= 0.6 is 23.4 Å². The van der Waals surface area contributed by atoms with Crippen LogP contribution in [0.15, 0.2) is 72.8 Å². The van der Waals surface area contributed by atoms with E-state index in [1.165, 1.54) is 19.2 Å². The summed E-state index contributed by atoms with van der Waals surface area (Å²) >= 11 is 10.5. The minimum absolute atomic E-state index is 0.0106. The van der Waals surface area contributed by atoms with Crippen molar-refractivity contribution in [3.05, 3.63) is 129 Å². The summed E-state index contributed by atoms with van der Waals surface area (Å²) in [4.78, 5) is 49.0. The van der Waals surface area contributed by atoms with Gasteiger partial charge in [0.2, 0.25) is 0 Å². The molecule has 0 radical (unpaired) electrons. The van der Waals surface area contributed by atoms with Gasteiger partial charge < -0.3 is 26.6 Å². The first-order valence-electron chi connectivity index (χ1n) is 16.8. The SMILES string of the molecule is CNC(=O)Cl.CNC(=O)N[C@H]1CCCc2c(C(=O)Nc3ccc(F)c(F)c3)cccc21.O=C(Nc1ccc(F)c(F)c1)c1cccc2c1CCC[C@@H]2NCl. The number of benzene rings is 4. The molecule has 10 nitrogen and oxygen atoms in total. The van der Waals surface area contributed by atoms with Crippen LogP contribution in [0.2, 0.25) is 0 Å². The molecular formula is C38H38Cl2F4N6O4. The quantitative estimate of drug-likeness (QED) is 0.0504. The van der Waals surface area contributed by atoms with Gasteiger partial charge in [0.15, 0.2) is 23.3 Å². The molecule has 0 unspecified atom stereocenters. The van der Waals surface area contributed by atoms with Crippen molar-refractivity contribution < 1.29 is 36.7 Å². The van der Waals surface area contributed by atoms with Crippen LogP contribution in [-0.2, 0) is 12.8 Å². The lowest BCUT2D eigenvalue weighted by Gasteiger charge is -2.27.